The van der Waals surface area contributed by atoms with E-state index < -0.39 is 11.8 Å². The normalized spacial score (nSPS) is 13.2. The minimum Gasteiger partial charge on any atom is -0.391 e. The van der Waals surface area contributed by atoms with Crippen molar-refractivity contribution in [3.8, 4) is 0 Å². The largest absolute Gasteiger partial charge is 0.391 e. The second-order valence-corrected chi connectivity index (χ2v) is 6.14. The van der Waals surface area contributed by atoms with Crippen molar-refractivity contribution in [1.29, 1.82) is 0 Å². The number of amides is 2. The van der Waals surface area contributed by atoms with E-state index in [-0.39, 0.29) is 6.61 Å². The average Bonchev–Trinajstić information content (AvgIpc) is 2.56. The van der Waals surface area contributed by atoms with Crippen molar-refractivity contribution in [3.63, 3.8) is 0 Å². The zero-order valence-electron chi connectivity index (χ0n) is 15.2. The SMILES string of the molecule is CCC=NOCC(=C(/CC)SC(F)F)/C(=C\CCC)NC(=O)N(C)N. The molecule has 6 nitrogen and oxygen atoms in total. The molecule has 0 rings (SSSR count). The van der Waals surface area contributed by atoms with Gasteiger partial charge in [0, 0.05) is 24.5 Å². The number of halogens is 2. The number of nitrogens with one attached hydrogen (secondary N) is 1. The highest BCUT2D eigenvalue weighted by Crippen LogP contribution is 2.32. The second kappa shape index (κ2) is 13.7. The molecule has 0 aliphatic carbocycles. The van der Waals surface area contributed by atoms with Gasteiger partial charge in [0.2, 0.25) is 0 Å². The fourth-order valence-electron chi connectivity index (χ4n) is 1.75. The Balaban J connectivity index is 5.74. The lowest BCUT2D eigenvalue weighted by Crippen LogP contribution is -2.41. The molecule has 0 radical (unpaired) electrons. The predicted molar refractivity (Wildman–Crippen MR) is 99.1 cm³/mol. The van der Waals surface area contributed by atoms with Crippen molar-refractivity contribution < 1.29 is 18.4 Å². The summed E-state index contributed by atoms with van der Waals surface area (Å²) >= 11 is 0.446. The highest BCUT2D eigenvalue weighted by molar-refractivity contribution is 8.03. The zero-order valence-corrected chi connectivity index (χ0v) is 16.0. The average molecular weight is 378 g/mol. The Bertz CT molecular complexity index is 495. The van der Waals surface area contributed by atoms with E-state index in [2.05, 4.69) is 10.5 Å². The number of hydrogen-bond acceptors (Lipinski definition) is 5. The van der Waals surface area contributed by atoms with E-state index >= 15 is 0 Å². The van der Waals surface area contributed by atoms with Gasteiger partial charge in [-0.2, -0.15) is 8.78 Å². The molecule has 0 aromatic carbocycles. The van der Waals surface area contributed by atoms with E-state index in [1.165, 1.54) is 7.05 Å². The molecular weight excluding hydrogens is 350 g/mol. The number of thioether (sulfide) groups is 1. The van der Waals surface area contributed by atoms with Gasteiger partial charge in [0.1, 0.15) is 6.61 Å². The first-order chi connectivity index (χ1) is 11.9. The summed E-state index contributed by atoms with van der Waals surface area (Å²) in [5, 5.41) is 7.32. The number of carbonyl (C=O) groups is 1. The van der Waals surface area contributed by atoms with E-state index in [4.69, 9.17) is 10.7 Å². The van der Waals surface area contributed by atoms with Crippen molar-refractivity contribution in [3.05, 3.63) is 22.3 Å². The number of allylic oxidation sites excluding steroid dienone is 2. The fraction of sp³-hybridized carbons (Fsp3) is 0.625. The van der Waals surface area contributed by atoms with Crippen molar-refractivity contribution >= 4 is 24.0 Å². The van der Waals surface area contributed by atoms with E-state index in [0.29, 0.717) is 47.2 Å². The Morgan fingerprint density at radius 2 is 2.08 bits per heavy atom. The number of unbranched alkanes of at least 4 members (excludes halogenated alkanes) is 1. The number of urea groups is 1. The van der Waals surface area contributed by atoms with Crippen LogP contribution in [-0.2, 0) is 4.84 Å². The molecular formula is C16H28F2N4O2S. The molecule has 0 atom stereocenters. The summed E-state index contributed by atoms with van der Waals surface area (Å²) in [5.41, 5.74) is 0.894. The maximum absolute atomic E-state index is 12.9. The van der Waals surface area contributed by atoms with Crippen molar-refractivity contribution in [1.82, 2.24) is 10.3 Å². The van der Waals surface area contributed by atoms with Gasteiger partial charge in [0.15, 0.2) is 0 Å². The van der Waals surface area contributed by atoms with Gasteiger partial charge in [-0.05, 0) is 24.2 Å². The Morgan fingerprint density at radius 1 is 1.40 bits per heavy atom. The molecule has 3 N–H and O–H groups in total. The number of hydrazine groups is 1. The molecule has 0 saturated heterocycles. The van der Waals surface area contributed by atoms with Crippen LogP contribution < -0.4 is 11.2 Å². The van der Waals surface area contributed by atoms with Crippen LogP contribution in [0.5, 0.6) is 0 Å². The topological polar surface area (TPSA) is 80.0 Å². The van der Waals surface area contributed by atoms with Crippen molar-refractivity contribution in [2.75, 3.05) is 13.7 Å². The quantitative estimate of drug-likeness (QED) is 0.185. The van der Waals surface area contributed by atoms with Gasteiger partial charge in [-0.1, -0.05) is 50.2 Å². The third kappa shape index (κ3) is 10.1. The van der Waals surface area contributed by atoms with Gasteiger partial charge in [-0.25, -0.2) is 10.6 Å². The van der Waals surface area contributed by atoms with Crippen LogP contribution in [-0.4, -0.2) is 36.7 Å². The lowest BCUT2D eigenvalue weighted by atomic mass is 10.1. The summed E-state index contributed by atoms with van der Waals surface area (Å²) in [5.74, 6) is 2.87. The van der Waals surface area contributed by atoms with Gasteiger partial charge in [0.05, 0.1) is 0 Å². The number of hydrogen-bond donors (Lipinski definition) is 2. The summed E-state index contributed by atoms with van der Waals surface area (Å²) in [6, 6.07) is -0.547. The first-order valence-corrected chi connectivity index (χ1v) is 9.05. The van der Waals surface area contributed by atoms with Crippen molar-refractivity contribution in [2.45, 2.75) is 52.2 Å². The van der Waals surface area contributed by atoms with E-state index in [1.54, 1.807) is 19.2 Å². The maximum atomic E-state index is 12.9. The van der Waals surface area contributed by atoms with Gasteiger partial charge in [-0.3, -0.25) is 5.01 Å². The number of alkyl halides is 2. The minimum atomic E-state index is -2.57. The lowest BCUT2D eigenvalue weighted by Gasteiger charge is -2.19. The standard InChI is InChI=1S/C16H28F2N4O2S/c1-5-8-9-13(21-16(23)22(4)19)12(11-24-20-10-6-2)14(7-3)25-15(17)18/h9-10,15H,5-8,11,19H2,1-4H3,(H,21,23)/b13-9+,14-12+,20-10?. The zero-order chi connectivity index (χ0) is 19.2. The highest BCUT2D eigenvalue weighted by atomic mass is 32.2. The first-order valence-electron chi connectivity index (χ1n) is 8.17. The molecule has 25 heavy (non-hydrogen) atoms. The Morgan fingerprint density at radius 3 is 2.56 bits per heavy atom. The molecule has 0 saturated carbocycles. The molecule has 0 aromatic rings. The van der Waals surface area contributed by atoms with Crippen molar-refractivity contribution in [2.24, 2.45) is 11.0 Å². The van der Waals surface area contributed by atoms with Crippen LogP contribution in [0.15, 0.2) is 27.4 Å². The second-order valence-electron chi connectivity index (χ2n) is 5.05. The predicted octanol–water partition coefficient (Wildman–Crippen LogP) is 4.22. The molecule has 0 aromatic heterocycles. The molecule has 0 fully saturated rings. The maximum Gasteiger partial charge on any atom is 0.335 e. The van der Waals surface area contributed by atoms with E-state index in [1.807, 2.05) is 13.8 Å². The Labute approximate surface area is 152 Å². The third-order valence-corrected chi connectivity index (χ3v) is 3.95. The fourth-order valence-corrected chi connectivity index (χ4v) is 2.45. The van der Waals surface area contributed by atoms with Gasteiger partial charge in [-0.15, -0.1) is 0 Å². The summed E-state index contributed by atoms with van der Waals surface area (Å²) in [7, 11) is 1.40. The van der Waals surface area contributed by atoms with Crippen LogP contribution >= 0.6 is 11.8 Å². The molecule has 0 aliphatic rings. The van der Waals surface area contributed by atoms with Crippen LogP contribution in [0.3, 0.4) is 0 Å². The summed E-state index contributed by atoms with van der Waals surface area (Å²) in [4.78, 5) is 17.6. The summed E-state index contributed by atoms with van der Waals surface area (Å²) < 4.78 is 25.8. The molecule has 0 heterocycles. The summed E-state index contributed by atoms with van der Waals surface area (Å²) in [6.45, 7) is 5.63. The highest BCUT2D eigenvalue weighted by Gasteiger charge is 2.18. The molecule has 2 amide bonds. The number of rotatable bonds is 11. The number of oxime groups is 1. The Kier molecular flexibility index (Phi) is 12.8. The number of nitrogens with two attached hydrogens (primary N) is 1. The van der Waals surface area contributed by atoms with Gasteiger partial charge < -0.3 is 10.2 Å². The van der Waals surface area contributed by atoms with E-state index in [9.17, 15) is 13.6 Å². The molecule has 0 unspecified atom stereocenters. The van der Waals surface area contributed by atoms with Gasteiger partial charge >= 0.3 is 6.03 Å². The number of nitrogens with zero attached hydrogens (tertiary/aromatic N) is 2. The van der Waals surface area contributed by atoms with Crippen LogP contribution in [0.25, 0.3) is 0 Å². The van der Waals surface area contributed by atoms with Crippen LogP contribution in [0, 0.1) is 0 Å². The molecule has 0 bridgehead atoms. The Hall–Kier alpha value is -1.61. The van der Waals surface area contributed by atoms with Crippen LogP contribution in [0.2, 0.25) is 0 Å². The monoisotopic (exact) mass is 378 g/mol. The molecule has 9 heteroatoms. The molecule has 144 valence electrons. The molecule has 0 spiro atoms. The third-order valence-electron chi connectivity index (χ3n) is 2.95. The van der Waals surface area contributed by atoms with E-state index in [0.717, 1.165) is 11.4 Å². The van der Waals surface area contributed by atoms with Crippen LogP contribution in [0.1, 0.15) is 46.5 Å². The van der Waals surface area contributed by atoms with Crippen LogP contribution in [0.4, 0.5) is 13.6 Å². The summed E-state index contributed by atoms with van der Waals surface area (Å²) in [6.07, 6.45) is 5.93. The van der Waals surface area contributed by atoms with Gasteiger partial charge in [0.25, 0.3) is 5.76 Å². The lowest BCUT2D eigenvalue weighted by molar-refractivity contribution is 0.169. The minimum absolute atomic E-state index is 0.0243. The molecule has 0 aliphatic heterocycles. The smallest absolute Gasteiger partial charge is 0.335 e. The first kappa shape index (κ1) is 23.4. The number of carbonyl (C=O) groups excluding carboxylic acids is 1.